The summed E-state index contributed by atoms with van der Waals surface area (Å²) in [6.45, 7) is 4.33. The molecule has 0 bridgehead atoms. The number of carbonyl (C=O) groups excluding carboxylic acids is 1. The van der Waals surface area contributed by atoms with E-state index < -0.39 is 5.24 Å². The smallest absolute Gasteiger partial charge is 0.271 e. The minimum atomic E-state index is -0.566. The van der Waals surface area contributed by atoms with Gasteiger partial charge < -0.3 is 0 Å². The van der Waals surface area contributed by atoms with Crippen LogP contribution < -0.4 is 0 Å². The van der Waals surface area contributed by atoms with E-state index in [1.807, 2.05) is 24.6 Å². The molecule has 0 radical (unpaired) electrons. The summed E-state index contributed by atoms with van der Waals surface area (Å²) in [7, 11) is 0. The first-order chi connectivity index (χ1) is 11.9. The highest BCUT2D eigenvalue weighted by Gasteiger charge is 2.16. The summed E-state index contributed by atoms with van der Waals surface area (Å²) in [5.74, 6) is 0. The Labute approximate surface area is 158 Å². The van der Waals surface area contributed by atoms with Crippen molar-refractivity contribution in [2.45, 2.75) is 20.4 Å². The minimum Gasteiger partial charge on any atom is -0.274 e. The van der Waals surface area contributed by atoms with Gasteiger partial charge in [-0.05, 0) is 43.1 Å². The summed E-state index contributed by atoms with van der Waals surface area (Å²) in [5.41, 5.74) is 4.37. The summed E-state index contributed by atoms with van der Waals surface area (Å²) >= 11 is 13.0. The number of aryl methyl sites for hydroxylation is 1. The van der Waals surface area contributed by atoms with Gasteiger partial charge in [0.1, 0.15) is 16.8 Å². The van der Waals surface area contributed by atoms with Gasteiger partial charge in [-0.15, -0.1) is 11.3 Å². The van der Waals surface area contributed by atoms with E-state index in [1.54, 1.807) is 17.5 Å². The van der Waals surface area contributed by atoms with Gasteiger partial charge in [-0.1, -0.05) is 17.7 Å². The molecule has 0 saturated heterocycles. The van der Waals surface area contributed by atoms with Gasteiger partial charge in [0.15, 0.2) is 0 Å². The fraction of sp³-hybridized carbons (Fsp3) is 0.176. The molecule has 0 atom stereocenters. The third-order valence-electron chi connectivity index (χ3n) is 3.80. The first-order valence-electron chi connectivity index (χ1n) is 7.29. The van der Waals surface area contributed by atoms with Gasteiger partial charge >= 0.3 is 0 Å². The van der Waals surface area contributed by atoms with E-state index in [2.05, 4.69) is 16.2 Å². The van der Waals surface area contributed by atoms with Crippen LogP contribution in [0.3, 0.4) is 0 Å². The van der Waals surface area contributed by atoms with E-state index in [4.69, 9.17) is 28.5 Å². The van der Waals surface area contributed by atoms with Gasteiger partial charge in [0.25, 0.3) is 5.24 Å². The zero-order valence-corrected chi connectivity index (χ0v) is 15.7. The lowest BCUT2D eigenvalue weighted by molar-refractivity contribution is 0.107. The molecule has 0 amide bonds. The van der Waals surface area contributed by atoms with Crippen molar-refractivity contribution in [3.05, 3.63) is 56.3 Å². The molecule has 5 nitrogen and oxygen atoms in total. The second kappa shape index (κ2) is 6.96. The molecule has 2 heterocycles. The molecule has 25 heavy (non-hydrogen) atoms. The van der Waals surface area contributed by atoms with Crippen LogP contribution >= 0.6 is 34.5 Å². The predicted molar refractivity (Wildman–Crippen MR) is 98.3 cm³/mol. The van der Waals surface area contributed by atoms with E-state index >= 15 is 0 Å². The Morgan fingerprint density at radius 3 is 2.76 bits per heavy atom. The molecule has 0 aliphatic rings. The number of carbonyl (C=O) groups is 1. The van der Waals surface area contributed by atoms with Crippen LogP contribution in [0.15, 0.2) is 23.6 Å². The number of nitrogens with zero attached hydrogens (tertiary/aromatic N) is 4. The van der Waals surface area contributed by atoms with Crippen molar-refractivity contribution in [1.29, 1.82) is 5.26 Å². The average molecular weight is 391 g/mol. The van der Waals surface area contributed by atoms with E-state index in [9.17, 15) is 4.79 Å². The molecule has 0 unspecified atom stereocenters. The number of benzene rings is 1. The maximum Gasteiger partial charge on any atom is 0.271 e. The van der Waals surface area contributed by atoms with Crippen molar-refractivity contribution in [1.82, 2.24) is 14.8 Å². The minimum absolute atomic E-state index is 0.252. The van der Waals surface area contributed by atoms with Gasteiger partial charge in [0.2, 0.25) is 0 Å². The monoisotopic (exact) mass is 390 g/mol. The largest absolute Gasteiger partial charge is 0.274 e. The molecule has 8 heteroatoms. The third-order valence-corrected chi connectivity index (χ3v) is 5.14. The molecular weight excluding hydrogens is 379 g/mol. The van der Waals surface area contributed by atoms with Crippen LogP contribution in [0, 0.1) is 25.2 Å². The summed E-state index contributed by atoms with van der Waals surface area (Å²) in [5, 5.41) is 15.8. The first kappa shape index (κ1) is 17.6. The Bertz CT molecular complexity index is 1020. The maximum absolute atomic E-state index is 11.2. The molecule has 0 saturated carbocycles. The molecule has 0 spiro atoms. The lowest BCUT2D eigenvalue weighted by Gasteiger charge is -2.05. The fourth-order valence-corrected chi connectivity index (χ4v) is 3.77. The van der Waals surface area contributed by atoms with Gasteiger partial charge in [0, 0.05) is 16.6 Å². The van der Waals surface area contributed by atoms with Crippen molar-refractivity contribution in [3.63, 3.8) is 0 Å². The van der Waals surface area contributed by atoms with Crippen molar-refractivity contribution in [2.24, 2.45) is 0 Å². The van der Waals surface area contributed by atoms with Crippen LogP contribution in [-0.4, -0.2) is 20.0 Å². The molecule has 1 aromatic carbocycles. The zero-order valence-electron chi connectivity index (χ0n) is 13.4. The standard InChI is InChI=1S/C17H12Cl2N4OS/c1-9-16(11-3-4-12(6-20)13(18)5-11)10(2)23(22-9)7-15-21-14(8-25-15)17(19)24/h3-5,8H,7H2,1-2H3. The summed E-state index contributed by atoms with van der Waals surface area (Å²) in [6.07, 6.45) is 0. The van der Waals surface area contributed by atoms with Gasteiger partial charge in [0.05, 0.1) is 22.8 Å². The van der Waals surface area contributed by atoms with Gasteiger partial charge in [-0.3, -0.25) is 9.48 Å². The number of aromatic nitrogens is 3. The quantitative estimate of drug-likeness (QED) is 0.611. The fourth-order valence-electron chi connectivity index (χ4n) is 2.63. The van der Waals surface area contributed by atoms with Crippen LogP contribution in [0.2, 0.25) is 5.02 Å². The molecule has 0 aliphatic heterocycles. The number of nitriles is 1. The second-order valence-electron chi connectivity index (χ2n) is 5.41. The van der Waals surface area contributed by atoms with E-state index in [-0.39, 0.29) is 5.69 Å². The zero-order chi connectivity index (χ0) is 18.1. The first-order valence-corrected chi connectivity index (χ1v) is 8.92. The van der Waals surface area contributed by atoms with E-state index in [0.717, 1.165) is 27.5 Å². The molecule has 0 aliphatic carbocycles. The van der Waals surface area contributed by atoms with Crippen LogP contribution in [-0.2, 0) is 6.54 Å². The van der Waals surface area contributed by atoms with E-state index in [0.29, 0.717) is 17.1 Å². The molecule has 126 valence electrons. The number of halogens is 2. The van der Waals surface area contributed by atoms with Crippen LogP contribution in [0.25, 0.3) is 11.1 Å². The normalized spacial score (nSPS) is 10.7. The lowest BCUT2D eigenvalue weighted by atomic mass is 10.0. The lowest BCUT2D eigenvalue weighted by Crippen LogP contribution is -2.04. The topological polar surface area (TPSA) is 71.6 Å². The van der Waals surface area contributed by atoms with Crippen molar-refractivity contribution in [2.75, 3.05) is 0 Å². The molecule has 3 aromatic rings. The van der Waals surface area contributed by atoms with Crippen LogP contribution in [0.4, 0.5) is 0 Å². The second-order valence-corrected chi connectivity index (χ2v) is 7.10. The predicted octanol–water partition coefficient (Wildman–Crippen LogP) is 4.58. The van der Waals surface area contributed by atoms with Crippen LogP contribution in [0.1, 0.15) is 32.4 Å². The SMILES string of the molecule is Cc1nn(Cc2nc(C(=O)Cl)cs2)c(C)c1-c1ccc(C#N)c(Cl)c1. The Morgan fingerprint density at radius 2 is 2.16 bits per heavy atom. The van der Waals surface area contributed by atoms with Crippen LogP contribution in [0.5, 0.6) is 0 Å². The van der Waals surface area contributed by atoms with Crippen molar-refractivity contribution < 1.29 is 4.79 Å². The highest BCUT2D eigenvalue weighted by atomic mass is 35.5. The summed E-state index contributed by atoms with van der Waals surface area (Å²) < 4.78 is 1.83. The van der Waals surface area contributed by atoms with Gasteiger partial charge in [-0.2, -0.15) is 10.4 Å². The van der Waals surface area contributed by atoms with Crippen molar-refractivity contribution >= 4 is 39.8 Å². The number of thiazole rings is 1. The Kier molecular flexibility index (Phi) is 4.91. The van der Waals surface area contributed by atoms with Gasteiger partial charge in [-0.25, -0.2) is 4.98 Å². The summed E-state index contributed by atoms with van der Waals surface area (Å²) in [6, 6.07) is 7.39. The summed E-state index contributed by atoms with van der Waals surface area (Å²) in [4.78, 5) is 15.4. The molecule has 0 N–H and O–H groups in total. The number of hydrogen-bond donors (Lipinski definition) is 0. The molecule has 2 aromatic heterocycles. The molecular formula is C17H12Cl2N4OS. The molecule has 0 fully saturated rings. The number of hydrogen-bond acceptors (Lipinski definition) is 5. The maximum atomic E-state index is 11.2. The highest BCUT2D eigenvalue weighted by molar-refractivity contribution is 7.10. The third kappa shape index (κ3) is 3.45. The Morgan fingerprint density at radius 1 is 1.40 bits per heavy atom. The highest BCUT2D eigenvalue weighted by Crippen LogP contribution is 2.30. The van der Waals surface area contributed by atoms with Crippen molar-refractivity contribution in [3.8, 4) is 17.2 Å². The Balaban J connectivity index is 1.97. The Hall–Kier alpha value is -2.20. The number of rotatable bonds is 4. The average Bonchev–Trinajstić information content (AvgIpc) is 3.13. The molecule has 3 rings (SSSR count). The van der Waals surface area contributed by atoms with E-state index in [1.165, 1.54) is 11.3 Å².